The second-order valence-electron chi connectivity index (χ2n) is 9.12. The smallest absolute Gasteiger partial charge is 0.261 e. The molecule has 0 radical (unpaired) electrons. The van der Waals surface area contributed by atoms with Gasteiger partial charge in [-0.25, -0.2) is 0 Å². The fraction of sp³-hybridized carbons (Fsp3) is 0.500. The first-order valence-corrected chi connectivity index (χ1v) is 13.3. The van der Waals surface area contributed by atoms with Gasteiger partial charge in [0, 0.05) is 12.6 Å². The van der Waals surface area contributed by atoms with E-state index in [-0.39, 0.29) is 24.5 Å². The highest BCUT2D eigenvalue weighted by Gasteiger charge is 2.31. The van der Waals surface area contributed by atoms with Crippen LogP contribution in [0, 0.1) is 6.92 Å². The number of hydrogen-bond donors (Lipinski definition) is 1. The van der Waals surface area contributed by atoms with Gasteiger partial charge >= 0.3 is 0 Å². The zero-order chi connectivity index (χ0) is 24.5. The van der Waals surface area contributed by atoms with Crippen molar-refractivity contribution in [1.82, 2.24) is 10.2 Å². The molecule has 0 saturated heterocycles. The van der Waals surface area contributed by atoms with Crippen molar-refractivity contribution < 1.29 is 14.3 Å². The predicted molar refractivity (Wildman–Crippen MR) is 140 cm³/mol. The molecule has 0 spiro atoms. The molecule has 1 N–H and O–H groups in total. The summed E-state index contributed by atoms with van der Waals surface area (Å²) in [5.74, 6) is 0.367. The molecule has 2 aromatic rings. The zero-order valence-corrected chi connectivity index (χ0v) is 22.2. The maximum atomic E-state index is 13.5. The molecule has 34 heavy (non-hydrogen) atoms. The largest absolute Gasteiger partial charge is 0.483 e. The van der Waals surface area contributed by atoms with Crippen LogP contribution in [0.2, 0.25) is 0 Å². The molecule has 3 rings (SSSR count). The average Bonchev–Trinajstić information content (AvgIpc) is 2.84. The lowest BCUT2D eigenvalue weighted by Crippen LogP contribution is -2.52. The quantitative estimate of drug-likeness (QED) is 0.414. The lowest BCUT2D eigenvalue weighted by Gasteiger charge is -2.33. The molecule has 0 heterocycles. The van der Waals surface area contributed by atoms with Crippen molar-refractivity contribution >= 4 is 27.7 Å². The van der Waals surface area contributed by atoms with Gasteiger partial charge in [-0.3, -0.25) is 9.59 Å². The van der Waals surface area contributed by atoms with Crippen molar-refractivity contribution in [1.29, 1.82) is 0 Å². The second kappa shape index (κ2) is 12.9. The maximum Gasteiger partial charge on any atom is 0.261 e. The van der Waals surface area contributed by atoms with Crippen LogP contribution in [0.1, 0.15) is 69.1 Å². The number of hydrogen-bond acceptors (Lipinski definition) is 3. The van der Waals surface area contributed by atoms with Crippen LogP contribution in [0.4, 0.5) is 0 Å². The Morgan fingerprint density at radius 1 is 1.12 bits per heavy atom. The number of rotatable bonds is 10. The number of nitrogens with one attached hydrogen (secondary N) is 1. The van der Waals surface area contributed by atoms with Crippen molar-refractivity contribution in [2.45, 2.75) is 84.3 Å². The van der Waals surface area contributed by atoms with Crippen molar-refractivity contribution in [3.05, 3.63) is 63.6 Å². The lowest BCUT2D eigenvalue weighted by atomic mass is 9.95. The molecule has 1 aliphatic rings. The summed E-state index contributed by atoms with van der Waals surface area (Å²) in [5, 5.41) is 3.22. The second-order valence-corrected chi connectivity index (χ2v) is 9.98. The summed E-state index contributed by atoms with van der Waals surface area (Å²) >= 11 is 3.55. The Hall–Kier alpha value is -2.34. The van der Waals surface area contributed by atoms with Gasteiger partial charge in [-0.15, -0.1) is 0 Å². The van der Waals surface area contributed by atoms with Crippen LogP contribution in [0.5, 0.6) is 5.75 Å². The summed E-state index contributed by atoms with van der Waals surface area (Å²) in [6.07, 6.45) is 7.02. The normalized spacial score (nSPS) is 14.9. The van der Waals surface area contributed by atoms with Gasteiger partial charge in [0.25, 0.3) is 5.91 Å². The molecule has 0 aromatic heterocycles. The van der Waals surface area contributed by atoms with E-state index >= 15 is 0 Å². The van der Waals surface area contributed by atoms with Gasteiger partial charge in [-0.1, -0.05) is 63.4 Å². The first-order valence-electron chi connectivity index (χ1n) is 12.5. The minimum absolute atomic E-state index is 0.0650. The molecule has 0 bridgehead atoms. The Bertz CT molecular complexity index is 972. The third-order valence-electron chi connectivity index (χ3n) is 6.70. The standard InChI is InChI=1S/C28H37BrN2O3/c1-4-21-15-16-26(24(29)17-21)34-19-27(32)31(18-22-12-10-9-11-20(22)3)25(5-2)28(33)30-23-13-7-6-8-14-23/h9-12,15-17,23,25H,4-8,13-14,18-19H2,1-3H3,(H,30,33). The molecule has 2 aromatic carbocycles. The van der Waals surface area contributed by atoms with E-state index in [1.807, 2.05) is 56.3 Å². The van der Waals surface area contributed by atoms with Crippen LogP contribution >= 0.6 is 15.9 Å². The number of carbonyl (C=O) groups excluding carboxylic acids is 2. The number of nitrogens with zero attached hydrogens (tertiary/aromatic N) is 1. The zero-order valence-electron chi connectivity index (χ0n) is 20.6. The van der Waals surface area contributed by atoms with Gasteiger partial charge in [0.2, 0.25) is 5.91 Å². The van der Waals surface area contributed by atoms with Gasteiger partial charge in [0.1, 0.15) is 11.8 Å². The molecule has 0 aliphatic heterocycles. The highest BCUT2D eigenvalue weighted by Crippen LogP contribution is 2.27. The molecule has 1 unspecified atom stereocenters. The van der Waals surface area contributed by atoms with E-state index in [1.54, 1.807) is 4.90 Å². The highest BCUT2D eigenvalue weighted by molar-refractivity contribution is 9.10. The van der Waals surface area contributed by atoms with Gasteiger partial charge in [0.05, 0.1) is 4.47 Å². The molecule has 184 valence electrons. The summed E-state index contributed by atoms with van der Waals surface area (Å²) in [5.41, 5.74) is 3.33. The van der Waals surface area contributed by atoms with E-state index in [0.29, 0.717) is 18.7 Å². The molecule has 5 nitrogen and oxygen atoms in total. The molecule has 1 fully saturated rings. The molecule has 1 saturated carbocycles. The summed E-state index contributed by atoms with van der Waals surface area (Å²) in [6, 6.07) is 13.6. The van der Waals surface area contributed by atoms with Crippen molar-refractivity contribution in [2.75, 3.05) is 6.61 Å². The summed E-state index contributed by atoms with van der Waals surface area (Å²) in [4.78, 5) is 28.5. The van der Waals surface area contributed by atoms with E-state index < -0.39 is 6.04 Å². The molecule has 1 aliphatic carbocycles. The molecule has 1 atom stereocenters. The number of carbonyl (C=O) groups is 2. The SMILES string of the molecule is CCc1ccc(OCC(=O)N(Cc2ccccc2C)C(CC)C(=O)NC2CCCCC2)c(Br)c1. The van der Waals surface area contributed by atoms with Crippen LogP contribution < -0.4 is 10.1 Å². The average molecular weight is 530 g/mol. The number of aryl methyl sites for hydroxylation is 2. The van der Waals surface area contributed by atoms with Crippen LogP contribution in [-0.4, -0.2) is 35.4 Å². The van der Waals surface area contributed by atoms with Gasteiger partial charge < -0.3 is 15.0 Å². The van der Waals surface area contributed by atoms with Gasteiger partial charge in [-0.05, 0) is 77.4 Å². The summed E-state index contributed by atoms with van der Waals surface area (Å²) in [7, 11) is 0. The Kier molecular flexibility index (Phi) is 10.00. The molecular weight excluding hydrogens is 492 g/mol. The monoisotopic (exact) mass is 528 g/mol. The predicted octanol–water partition coefficient (Wildman–Crippen LogP) is 5.96. The number of amides is 2. The topological polar surface area (TPSA) is 58.6 Å². The lowest BCUT2D eigenvalue weighted by molar-refractivity contribution is -0.143. The fourth-order valence-electron chi connectivity index (χ4n) is 4.54. The Morgan fingerprint density at radius 3 is 2.50 bits per heavy atom. The van der Waals surface area contributed by atoms with Crippen LogP contribution in [0.3, 0.4) is 0 Å². The third kappa shape index (κ3) is 7.08. The van der Waals surface area contributed by atoms with E-state index in [9.17, 15) is 9.59 Å². The molecular formula is C28H37BrN2O3. The van der Waals surface area contributed by atoms with E-state index in [1.165, 1.54) is 12.0 Å². The summed E-state index contributed by atoms with van der Waals surface area (Å²) in [6.45, 7) is 6.34. The Balaban J connectivity index is 1.77. The van der Waals surface area contributed by atoms with Crippen molar-refractivity contribution in [2.24, 2.45) is 0 Å². The Labute approximate surface area is 212 Å². The third-order valence-corrected chi connectivity index (χ3v) is 7.31. The highest BCUT2D eigenvalue weighted by atomic mass is 79.9. The van der Waals surface area contributed by atoms with Gasteiger partial charge in [-0.2, -0.15) is 0 Å². The first-order chi connectivity index (χ1) is 16.4. The van der Waals surface area contributed by atoms with Gasteiger partial charge in [0.15, 0.2) is 6.61 Å². The van der Waals surface area contributed by atoms with Crippen LogP contribution in [0.15, 0.2) is 46.9 Å². The van der Waals surface area contributed by atoms with E-state index in [0.717, 1.165) is 47.7 Å². The Morgan fingerprint density at radius 2 is 1.85 bits per heavy atom. The summed E-state index contributed by atoms with van der Waals surface area (Å²) < 4.78 is 6.73. The van der Waals surface area contributed by atoms with Crippen molar-refractivity contribution in [3.63, 3.8) is 0 Å². The number of ether oxygens (including phenoxy) is 1. The van der Waals surface area contributed by atoms with Crippen LogP contribution in [-0.2, 0) is 22.6 Å². The number of halogens is 1. The van der Waals surface area contributed by atoms with Crippen LogP contribution in [0.25, 0.3) is 0 Å². The maximum absolute atomic E-state index is 13.5. The molecule has 2 amide bonds. The van der Waals surface area contributed by atoms with Crippen molar-refractivity contribution in [3.8, 4) is 5.75 Å². The van der Waals surface area contributed by atoms with E-state index in [4.69, 9.17) is 4.74 Å². The van der Waals surface area contributed by atoms with E-state index in [2.05, 4.69) is 28.2 Å². The number of benzene rings is 2. The fourth-order valence-corrected chi connectivity index (χ4v) is 5.08. The first kappa shape index (κ1) is 26.3. The minimum Gasteiger partial charge on any atom is -0.483 e. The molecule has 6 heteroatoms. The minimum atomic E-state index is -0.538.